The van der Waals surface area contributed by atoms with Crippen molar-refractivity contribution in [3.8, 4) is 11.3 Å². The van der Waals surface area contributed by atoms with E-state index in [4.69, 9.17) is 0 Å². The van der Waals surface area contributed by atoms with E-state index in [2.05, 4.69) is 15.0 Å². The third-order valence-electron chi connectivity index (χ3n) is 3.92. The molecule has 2 heterocycles. The molecule has 0 fully saturated rings. The Balaban J connectivity index is 1.58. The topological polar surface area (TPSA) is 58.6 Å². The zero-order valence-corrected chi connectivity index (χ0v) is 15.4. The lowest BCUT2D eigenvalue weighted by atomic mass is 10.2. The van der Waals surface area contributed by atoms with Crippen molar-refractivity contribution in [2.24, 2.45) is 0 Å². The Morgan fingerprint density at radius 3 is 2.69 bits per heavy atom. The number of thiazole rings is 1. The summed E-state index contributed by atoms with van der Waals surface area (Å²) < 4.78 is 13.9. The molecule has 1 atom stereocenters. The Morgan fingerprint density at radius 1 is 1.12 bits per heavy atom. The van der Waals surface area contributed by atoms with E-state index in [1.165, 1.54) is 35.2 Å². The van der Waals surface area contributed by atoms with Crippen LogP contribution in [0.1, 0.15) is 18.0 Å². The Hall–Kier alpha value is -2.51. The maximum Gasteiger partial charge on any atom is 0.258 e. The van der Waals surface area contributed by atoms with Crippen LogP contribution in [0.5, 0.6) is 0 Å². The van der Waals surface area contributed by atoms with Gasteiger partial charge in [0, 0.05) is 10.9 Å². The molecule has 4 rings (SSSR count). The van der Waals surface area contributed by atoms with E-state index < -0.39 is 0 Å². The van der Waals surface area contributed by atoms with Gasteiger partial charge in [0.05, 0.1) is 21.8 Å². The minimum absolute atomic E-state index is 0.0560. The number of hydrogen-bond donors (Lipinski definition) is 1. The van der Waals surface area contributed by atoms with E-state index in [0.29, 0.717) is 16.7 Å². The zero-order valence-electron chi connectivity index (χ0n) is 13.8. The molecule has 0 spiro atoms. The van der Waals surface area contributed by atoms with E-state index in [9.17, 15) is 9.18 Å². The second kappa shape index (κ2) is 7.01. The molecule has 4 aromatic rings. The molecule has 0 saturated heterocycles. The summed E-state index contributed by atoms with van der Waals surface area (Å²) in [6, 6.07) is 13.6. The molecular weight excluding hydrogens is 369 g/mol. The fraction of sp³-hybridized carbons (Fsp3) is 0.105. The van der Waals surface area contributed by atoms with Crippen LogP contribution in [0.15, 0.2) is 63.0 Å². The van der Waals surface area contributed by atoms with E-state index >= 15 is 0 Å². The normalized spacial score (nSPS) is 12.4. The first-order valence-electron chi connectivity index (χ1n) is 7.97. The summed E-state index contributed by atoms with van der Waals surface area (Å²) in [6.07, 6.45) is 0. The number of aromatic amines is 1. The number of fused-ring (bicyclic) bond motifs is 1. The molecule has 0 aliphatic rings. The maximum atomic E-state index is 13.1. The summed E-state index contributed by atoms with van der Waals surface area (Å²) in [6.45, 7) is 1.98. The van der Waals surface area contributed by atoms with Crippen LogP contribution >= 0.6 is 23.1 Å². The fourth-order valence-electron chi connectivity index (χ4n) is 2.57. The van der Waals surface area contributed by atoms with Crippen molar-refractivity contribution in [3.63, 3.8) is 0 Å². The summed E-state index contributed by atoms with van der Waals surface area (Å²) in [7, 11) is 0. The zero-order chi connectivity index (χ0) is 18.1. The first kappa shape index (κ1) is 16.9. The number of halogens is 1. The highest BCUT2D eigenvalue weighted by molar-refractivity contribution is 8.01. The predicted octanol–water partition coefficient (Wildman–Crippen LogP) is 5.04. The highest BCUT2D eigenvalue weighted by atomic mass is 32.2. The van der Waals surface area contributed by atoms with Gasteiger partial charge in [0.25, 0.3) is 5.56 Å². The number of benzene rings is 2. The second-order valence-corrected chi connectivity index (χ2v) is 8.18. The largest absolute Gasteiger partial charge is 0.309 e. The Morgan fingerprint density at radius 2 is 1.88 bits per heavy atom. The summed E-state index contributed by atoms with van der Waals surface area (Å²) in [4.78, 5) is 24.3. The quantitative estimate of drug-likeness (QED) is 0.502. The molecule has 2 aromatic heterocycles. The van der Waals surface area contributed by atoms with Gasteiger partial charge in [0.1, 0.15) is 11.6 Å². The molecule has 26 heavy (non-hydrogen) atoms. The first-order chi connectivity index (χ1) is 12.6. The van der Waals surface area contributed by atoms with Crippen molar-refractivity contribution in [1.29, 1.82) is 0 Å². The number of hydrogen-bond acceptors (Lipinski definition) is 5. The molecule has 0 bridgehead atoms. The summed E-state index contributed by atoms with van der Waals surface area (Å²) >= 11 is 3.05. The van der Waals surface area contributed by atoms with E-state index in [0.717, 1.165) is 15.6 Å². The van der Waals surface area contributed by atoms with Crippen molar-refractivity contribution in [2.75, 3.05) is 0 Å². The van der Waals surface area contributed by atoms with Gasteiger partial charge in [-0.2, -0.15) is 0 Å². The lowest BCUT2D eigenvalue weighted by Gasteiger charge is -2.09. The van der Waals surface area contributed by atoms with Crippen molar-refractivity contribution in [2.45, 2.75) is 16.5 Å². The molecule has 1 unspecified atom stereocenters. The van der Waals surface area contributed by atoms with Gasteiger partial charge in [-0.25, -0.2) is 14.4 Å². The molecule has 4 nitrogen and oxygen atoms in total. The Labute approximate surface area is 157 Å². The lowest BCUT2D eigenvalue weighted by molar-refractivity contribution is 0.628. The van der Waals surface area contributed by atoms with Crippen LogP contribution in [-0.2, 0) is 0 Å². The molecule has 0 aliphatic carbocycles. The molecule has 2 aromatic carbocycles. The van der Waals surface area contributed by atoms with Gasteiger partial charge >= 0.3 is 0 Å². The summed E-state index contributed by atoms with van der Waals surface area (Å²) in [5.74, 6) is 0.357. The van der Waals surface area contributed by atoms with Crippen LogP contribution < -0.4 is 5.56 Å². The SMILES string of the molecule is CC(Sc1nc(-c2ccc(F)cc2)cs1)c1nc2ccccc2c(=O)[nH]1. The Kier molecular flexibility index (Phi) is 4.57. The molecule has 0 amide bonds. The minimum atomic E-state index is -0.265. The van der Waals surface area contributed by atoms with Gasteiger partial charge in [0.15, 0.2) is 4.34 Å². The van der Waals surface area contributed by atoms with E-state index in [-0.39, 0.29) is 16.6 Å². The molecule has 0 radical (unpaired) electrons. The van der Waals surface area contributed by atoms with Crippen molar-refractivity contribution in [3.05, 3.63) is 75.9 Å². The minimum Gasteiger partial charge on any atom is -0.309 e. The molecule has 0 aliphatic heterocycles. The van der Waals surface area contributed by atoms with Crippen molar-refractivity contribution < 1.29 is 4.39 Å². The van der Waals surface area contributed by atoms with Crippen LogP contribution in [0.2, 0.25) is 0 Å². The third-order valence-corrected chi connectivity index (χ3v) is 6.00. The number of thioether (sulfide) groups is 1. The highest BCUT2D eigenvalue weighted by Crippen LogP contribution is 2.36. The van der Waals surface area contributed by atoms with Gasteiger partial charge in [-0.3, -0.25) is 4.79 Å². The predicted molar refractivity (Wildman–Crippen MR) is 104 cm³/mol. The maximum absolute atomic E-state index is 13.1. The molecular formula is C19H14FN3OS2. The summed E-state index contributed by atoms with van der Waals surface area (Å²) in [5.41, 5.74) is 2.23. The third kappa shape index (κ3) is 3.40. The molecule has 1 N–H and O–H groups in total. The van der Waals surface area contributed by atoms with Crippen LogP contribution in [0.25, 0.3) is 22.2 Å². The molecule has 7 heteroatoms. The van der Waals surface area contributed by atoms with Crippen LogP contribution in [-0.4, -0.2) is 15.0 Å². The van der Waals surface area contributed by atoms with Gasteiger partial charge in [-0.1, -0.05) is 23.9 Å². The van der Waals surface area contributed by atoms with Gasteiger partial charge in [0.2, 0.25) is 0 Å². The number of H-pyrrole nitrogens is 1. The molecule has 130 valence electrons. The van der Waals surface area contributed by atoms with Crippen LogP contribution in [0, 0.1) is 5.82 Å². The number of aromatic nitrogens is 3. The standard InChI is InChI=1S/C19H14FN3OS2/c1-11(17-21-15-5-3-2-4-14(15)18(24)23-17)26-19-22-16(10-25-19)12-6-8-13(20)9-7-12/h2-11H,1H3,(H,21,23,24). The second-order valence-electron chi connectivity index (χ2n) is 5.73. The number of nitrogens with zero attached hydrogens (tertiary/aromatic N) is 2. The lowest BCUT2D eigenvalue weighted by Crippen LogP contribution is -2.12. The smallest absolute Gasteiger partial charge is 0.258 e. The summed E-state index contributed by atoms with van der Waals surface area (Å²) in [5, 5.41) is 2.47. The van der Waals surface area contributed by atoms with Gasteiger partial charge < -0.3 is 4.98 Å². The average molecular weight is 383 g/mol. The fourth-order valence-corrected chi connectivity index (χ4v) is 4.60. The van der Waals surface area contributed by atoms with E-state index in [1.807, 2.05) is 30.5 Å². The van der Waals surface area contributed by atoms with Crippen molar-refractivity contribution in [1.82, 2.24) is 15.0 Å². The highest BCUT2D eigenvalue weighted by Gasteiger charge is 2.15. The van der Waals surface area contributed by atoms with E-state index in [1.54, 1.807) is 18.2 Å². The first-order valence-corrected chi connectivity index (χ1v) is 9.73. The molecule has 0 saturated carbocycles. The number of nitrogens with one attached hydrogen (secondary N) is 1. The van der Waals surface area contributed by atoms with Gasteiger partial charge in [-0.05, 0) is 43.3 Å². The monoisotopic (exact) mass is 383 g/mol. The number of rotatable bonds is 4. The van der Waals surface area contributed by atoms with Gasteiger partial charge in [-0.15, -0.1) is 11.3 Å². The number of para-hydroxylation sites is 1. The van der Waals surface area contributed by atoms with Crippen LogP contribution in [0.4, 0.5) is 4.39 Å². The average Bonchev–Trinajstić information content (AvgIpc) is 3.10. The Bertz CT molecular complexity index is 1120. The van der Waals surface area contributed by atoms with Crippen LogP contribution in [0.3, 0.4) is 0 Å². The van der Waals surface area contributed by atoms with Crippen molar-refractivity contribution >= 4 is 34.0 Å².